The standard InChI is InChI=1S/C105H203N27/c1-31-37-61-127(79-67-94(7,8)119-95(9,10)68-79)88-110-85(111-89(116-88)128(62-38-32-2)80-69-96(11,12)120-97(13,14)70-80)107-52-48-58-125(57-47-51-106)55-45-43-44-46-56-126(59-49-53-108-86-112-90(129(63-39-33-3)81-71-98(15,16)121-99(17,18)72-81)117-91(113-86)130(64-40-34-4)82-73-100(19,20)122-101(21,22)74-82)60-50-54-109-87-114-92(131(65-41-35-5)83-75-102(23,24)123-103(25,26)76-83)118-93(115-87)132(66-42-36-6)84-77-104(27,28)124-105(29,30)78-84/h79-84,119-124H,31-78,106H2,1-30H3,(H,107,110,111,116)(H,108,112,113,117)(H,109,114,115,118). The summed E-state index contributed by atoms with van der Waals surface area (Å²) in [6, 6.07) is 1.63. The van der Waals surface area contributed by atoms with Crippen LogP contribution in [0.1, 0.15) is 413 Å². The van der Waals surface area contributed by atoms with Crippen LogP contribution in [-0.4, -0.2) is 262 Å². The van der Waals surface area contributed by atoms with E-state index in [2.05, 4.69) is 295 Å². The van der Waals surface area contributed by atoms with Crippen molar-refractivity contribution in [2.75, 3.05) is 150 Å². The summed E-state index contributed by atoms with van der Waals surface area (Å²) in [6.45, 7) is 85.0. The van der Waals surface area contributed by atoms with Crippen molar-refractivity contribution in [3.8, 4) is 0 Å². The second-order valence-corrected chi connectivity index (χ2v) is 49.9. The Morgan fingerprint density at radius 1 is 0.220 bits per heavy atom. The Kier molecular flexibility index (Phi) is 40.3. The minimum Gasteiger partial charge on any atom is -0.354 e. The molecule has 9 heterocycles. The summed E-state index contributed by atoms with van der Waals surface area (Å²) >= 11 is 0. The van der Waals surface area contributed by atoms with Gasteiger partial charge in [-0.25, -0.2) is 0 Å². The molecular weight excluding hydrogens is 1640 g/mol. The van der Waals surface area contributed by atoms with Gasteiger partial charge in [-0.3, -0.25) is 0 Å². The van der Waals surface area contributed by atoms with Crippen molar-refractivity contribution in [1.82, 2.24) is 86.6 Å². The molecule has 132 heavy (non-hydrogen) atoms. The number of unbranched alkanes of at least 4 members (excludes halogenated alkanes) is 9. The van der Waals surface area contributed by atoms with Crippen molar-refractivity contribution < 1.29 is 0 Å². The predicted octanol–water partition coefficient (Wildman–Crippen LogP) is 19.1. The highest BCUT2D eigenvalue weighted by Gasteiger charge is 2.49. The Balaban J connectivity index is 0.968. The smallest absolute Gasteiger partial charge is 0.232 e. The summed E-state index contributed by atoms with van der Waals surface area (Å²) in [7, 11) is 0. The first kappa shape index (κ1) is 111. The van der Waals surface area contributed by atoms with Crippen molar-refractivity contribution in [2.45, 2.75) is 516 Å². The van der Waals surface area contributed by atoms with E-state index in [-0.39, 0.29) is 103 Å². The second-order valence-electron chi connectivity index (χ2n) is 49.9. The largest absolute Gasteiger partial charge is 0.354 e. The molecule has 27 nitrogen and oxygen atoms in total. The number of nitrogens with one attached hydrogen (secondary N) is 9. The maximum atomic E-state index is 6.35. The van der Waals surface area contributed by atoms with Crippen LogP contribution in [0.25, 0.3) is 0 Å². The number of aromatic nitrogens is 9. The normalized spacial score (nSPS) is 21.6. The molecule has 27 heteroatoms. The maximum absolute atomic E-state index is 6.35. The van der Waals surface area contributed by atoms with Gasteiger partial charge in [0.15, 0.2) is 0 Å². The van der Waals surface area contributed by atoms with Gasteiger partial charge in [0.05, 0.1) is 0 Å². The molecule has 0 saturated carbocycles. The summed E-state index contributed by atoms with van der Waals surface area (Å²) in [6.07, 6.45) is 33.6. The maximum Gasteiger partial charge on any atom is 0.232 e. The summed E-state index contributed by atoms with van der Waals surface area (Å²) in [5, 5.41) is 35.6. The van der Waals surface area contributed by atoms with Crippen molar-refractivity contribution in [2.24, 2.45) is 5.73 Å². The molecule has 9 rings (SSSR count). The van der Waals surface area contributed by atoms with Crippen LogP contribution >= 0.6 is 0 Å². The van der Waals surface area contributed by atoms with E-state index >= 15 is 0 Å². The summed E-state index contributed by atoms with van der Waals surface area (Å²) in [5.74, 6) is 6.94. The Morgan fingerprint density at radius 3 is 0.538 bits per heavy atom. The molecule has 0 aliphatic carbocycles. The van der Waals surface area contributed by atoms with Crippen molar-refractivity contribution in [1.29, 1.82) is 0 Å². The van der Waals surface area contributed by atoms with Crippen LogP contribution < -0.4 is 83.0 Å². The molecule has 0 unspecified atom stereocenters. The Hall–Kier alpha value is -5.13. The quantitative estimate of drug-likeness (QED) is 0.0235. The monoisotopic (exact) mass is 1840 g/mol. The predicted molar refractivity (Wildman–Crippen MR) is 563 cm³/mol. The molecular formula is C105H203N27. The van der Waals surface area contributed by atoms with Crippen LogP contribution in [0.5, 0.6) is 0 Å². The van der Waals surface area contributed by atoms with Crippen LogP contribution in [0.4, 0.5) is 53.5 Å². The highest BCUT2D eigenvalue weighted by atomic mass is 15.4. The van der Waals surface area contributed by atoms with Gasteiger partial charge in [0, 0.05) is 162 Å². The molecule has 3 aromatic heterocycles. The zero-order valence-electron chi connectivity index (χ0n) is 90.6. The zero-order valence-corrected chi connectivity index (χ0v) is 90.6. The van der Waals surface area contributed by atoms with E-state index in [1.165, 1.54) is 12.8 Å². The fraction of sp³-hybridized carbons (Fsp3) is 0.914. The summed E-state index contributed by atoms with van der Waals surface area (Å²) < 4.78 is 0. The van der Waals surface area contributed by atoms with E-state index in [0.717, 1.165) is 326 Å². The number of anilines is 9. The van der Waals surface area contributed by atoms with E-state index < -0.39 is 0 Å². The van der Waals surface area contributed by atoms with Crippen molar-refractivity contribution in [3.05, 3.63) is 0 Å². The lowest BCUT2D eigenvalue weighted by molar-refractivity contribution is 0.156. The van der Waals surface area contributed by atoms with Crippen LogP contribution in [0, 0.1) is 0 Å². The van der Waals surface area contributed by atoms with E-state index in [1.807, 2.05) is 0 Å². The van der Waals surface area contributed by atoms with Gasteiger partial charge < -0.3 is 92.8 Å². The number of hydrogen-bond acceptors (Lipinski definition) is 27. The molecule has 6 fully saturated rings. The minimum absolute atomic E-state index is 0.0326. The fourth-order valence-corrected chi connectivity index (χ4v) is 25.2. The molecule has 0 aromatic carbocycles. The third-order valence-corrected chi connectivity index (χ3v) is 28.7. The first-order valence-corrected chi connectivity index (χ1v) is 53.8. The van der Waals surface area contributed by atoms with Gasteiger partial charge >= 0.3 is 0 Å². The third kappa shape index (κ3) is 35.3. The fourth-order valence-electron chi connectivity index (χ4n) is 25.2. The average molecular weight is 1840 g/mol. The lowest BCUT2D eigenvalue weighted by Crippen LogP contribution is -2.63. The highest BCUT2D eigenvalue weighted by Crippen LogP contribution is 2.43. The van der Waals surface area contributed by atoms with Gasteiger partial charge in [-0.1, -0.05) is 92.9 Å². The Bertz CT molecular complexity index is 3430. The highest BCUT2D eigenvalue weighted by molar-refractivity contribution is 5.51. The molecule has 0 radical (unpaired) electrons. The van der Waals surface area contributed by atoms with E-state index in [9.17, 15) is 0 Å². The van der Waals surface area contributed by atoms with Gasteiger partial charge in [-0.2, -0.15) is 44.9 Å². The topological polar surface area (TPSA) is 276 Å². The first-order chi connectivity index (χ1) is 61.8. The number of hydrogen-bond donors (Lipinski definition) is 10. The number of nitrogens with zero attached hydrogens (tertiary/aromatic N) is 17. The van der Waals surface area contributed by atoms with Crippen LogP contribution in [0.15, 0.2) is 0 Å². The van der Waals surface area contributed by atoms with Gasteiger partial charge in [0.2, 0.25) is 53.5 Å². The zero-order chi connectivity index (χ0) is 96.9. The SMILES string of the molecule is CCCCN(c1nc(NCCCN(CCCN)CCCCCCN(CCCNc2nc(N(CCCC)C3CC(C)(C)NC(C)(C)C3)nc(N(CCCC)C3CC(C)(C)NC(C)(C)C3)n2)CCCNc2nc(N(CCCC)C3CC(C)(C)NC(C)(C)C3)nc(N(CCCC)C3CC(C)(C)NC(C)(C)C3)n2)nc(N(CCCC)C2CC(C)(C)NC(C)(C)C2)n1)C1CC(C)(C)NC(C)(C)C1. The molecule has 6 saturated heterocycles. The van der Waals surface area contributed by atoms with Crippen molar-refractivity contribution in [3.63, 3.8) is 0 Å². The van der Waals surface area contributed by atoms with Crippen LogP contribution in [0.2, 0.25) is 0 Å². The van der Waals surface area contributed by atoms with Crippen LogP contribution in [-0.2, 0) is 0 Å². The lowest BCUT2D eigenvalue weighted by Gasteiger charge is -2.50. The first-order valence-electron chi connectivity index (χ1n) is 53.8. The van der Waals surface area contributed by atoms with Gasteiger partial charge in [0.25, 0.3) is 0 Å². The van der Waals surface area contributed by atoms with E-state index in [0.29, 0.717) is 24.4 Å². The van der Waals surface area contributed by atoms with Gasteiger partial charge in [-0.05, 0) is 366 Å². The van der Waals surface area contributed by atoms with Gasteiger partial charge in [0.1, 0.15) is 0 Å². The summed E-state index contributed by atoms with van der Waals surface area (Å²) in [5.41, 5.74) is 5.82. The molecule has 11 N–H and O–H groups in total. The Labute approximate surface area is 807 Å². The molecule has 0 amide bonds. The van der Waals surface area contributed by atoms with Crippen LogP contribution in [0.3, 0.4) is 0 Å². The molecule has 758 valence electrons. The molecule has 0 spiro atoms. The molecule has 3 aromatic rings. The number of piperidine rings is 6. The minimum atomic E-state index is -0.0495. The van der Waals surface area contributed by atoms with Gasteiger partial charge in [-0.15, -0.1) is 0 Å². The molecule has 0 bridgehead atoms. The van der Waals surface area contributed by atoms with Crippen molar-refractivity contribution >= 4 is 53.5 Å². The third-order valence-electron chi connectivity index (χ3n) is 28.7. The summed E-state index contributed by atoms with van der Waals surface area (Å²) in [4.78, 5) is 70.9. The molecule has 6 aliphatic heterocycles. The number of rotatable bonds is 55. The molecule has 6 aliphatic rings. The second kappa shape index (κ2) is 48.2. The number of nitrogens with two attached hydrogens (primary N) is 1. The average Bonchev–Trinajstić information content (AvgIpc) is 0.746. The molecule has 0 atom stereocenters. The van der Waals surface area contributed by atoms with E-state index in [4.69, 9.17) is 50.6 Å². The lowest BCUT2D eigenvalue weighted by atomic mass is 9.79. The Morgan fingerprint density at radius 2 is 0.379 bits per heavy atom. The van der Waals surface area contributed by atoms with E-state index in [1.54, 1.807) is 0 Å².